The average Bonchev–Trinajstić information content (AvgIpc) is 3.39. The molecular formula is C38H53N2O8SY-. The van der Waals surface area contributed by atoms with Gasteiger partial charge < -0.3 is 25.0 Å². The van der Waals surface area contributed by atoms with Crippen LogP contribution < -0.4 is 10.6 Å². The molecule has 12 heteroatoms. The minimum absolute atomic E-state index is 0. The first kappa shape index (κ1) is 45.3. The molecule has 0 spiro atoms. The molecule has 0 aliphatic heterocycles. The predicted molar refractivity (Wildman–Crippen MR) is 190 cm³/mol. The molecule has 0 saturated carbocycles. The van der Waals surface area contributed by atoms with Gasteiger partial charge >= 0.3 is 10.6 Å². The molecule has 0 fully saturated rings. The van der Waals surface area contributed by atoms with Crippen molar-refractivity contribution in [2.24, 2.45) is 0 Å². The van der Waals surface area contributed by atoms with Gasteiger partial charge in [-0.1, -0.05) is 114 Å². The van der Waals surface area contributed by atoms with Gasteiger partial charge in [-0.05, 0) is 60.1 Å². The second-order valence-corrected chi connectivity index (χ2v) is 13.0. The number of carbonyl (C=O) groups is 3. The van der Waals surface area contributed by atoms with Crippen LogP contribution in [0.15, 0.2) is 42.5 Å². The Balaban J connectivity index is 0.00000237. The Morgan fingerprint density at radius 3 is 1.80 bits per heavy atom. The van der Waals surface area contributed by atoms with Gasteiger partial charge in [-0.3, -0.25) is 9.59 Å². The molecule has 1 aliphatic carbocycles. The SMILES string of the molecule is O=S(=O)=O.O=[C-]OCC1c2ccccc2-c2ccc(NC(=O)CCCCCCCCCCCCCCCC(=O)NCCCCCC=O)cc21.[Y]. The van der Waals surface area contributed by atoms with Crippen molar-refractivity contribution < 1.29 is 69.3 Å². The smallest absolute Gasteiger partial charge is 0.425 e. The molecule has 0 heterocycles. The molecule has 1 unspecified atom stereocenters. The Kier molecular flexibility index (Phi) is 26.2. The number of rotatable bonds is 26. The van der Waals surface area contributed by atoms with E-state index in [1.165, 1.54) is 64.3 Å². The standard InChI is InChI=1S/C38H53N2O5.O3S.Y/c41-27-19-13-12-18-26-39-37(43)22-14-10-8-6-4-2-1-3-5-7-9-11-15-23-38(44)40-31-24-25-34-32-20-16-17-21-33(32)36(29-45-30-42)35(34)28-31;1-4(2)3;/h16-17,20-21,24-25,27-28,36H,1-15,18-19,22-23,26,29H2,(H,39,43)(H,40,44);;/q-1;;. The van der Waals surface area contributed by atoms with Gasteiger partial charge in [0.2, 0.25) is 11.8 Å². The Morgan fingerprint density at radius 1 is 0.700 bits per heavy atom. The first-order valence-electron chi connectivity index (χ1n) is 17.9. The van der Waals surface area contributed by atoms with Crippen molar-refractivity contribution in [3.63, 3.8) is 0 Å². The first-order chi connectivity index (χ1) is 23.9. The van der Waals surface area contributed by atoms with Crippen LogP contribution >= 0.6 is 0 Å². The Bertz CT molecular complexity index is 1400. The van der Waals surface area contributed by atoms with Crippen LogP contribution in [0.1, 0.15) is 139 Å². The summed E-state index contributed by atoms with van der Waals surface area (Å²) in [6, 6.07) is 14.2. The van der Waals surface area contributed by atoms with E-state index >= 15 is 0 Å². The maximum absolute atomic E-state index is 12.6. The monoisotopic (exact) mass is 786 g/mol. The van der Waals surface area contributed by atoms with Crippen LogP contribution in [0.3, 0.4) is 0 Å². The van der Waals surface area contributed by atoms with Gasteiger partial charge in [0.15, 0.2) is 0 Å². The van der Waals surface area contributed by atoms with E-state index < -0.39 is 10.6 Å². The molecule has 50 heavy (non-hydrogen) atoms. The number of hydrogen-bond acceptors (Lipinski definition) is 8. The second-order valence-electron chi connectivity index (χ2n) is 12.6. The first-order valence-corrected chi connectivity index (χ1v) is 18.9. The van der Waals surface area contributed by atoms with E-state index in [2.05, 4.69) is 22.8 Å². The van der Waals surface area contributed by atoms with Gasteiger partial charge in [-0.25, -0.2) is 0 Å². The Morgan fingerprint density at radius 2 is 1.22 bits per heavy atom. The van der Waals surface area contributed by atoms with E-state index in [-0.39, 0.29) is 57.0 Å². The fraction of sp³-hybridized carbons (Fsp3) is 0.579. The van der Waals surface area contributed by atoms with Gasteiger partial charge in [0, 0.05) is 70.1 Å². The maximum atomic E-state index is 12.6. The quantitative estimate of drug-likeness (QED) is 0.0564. The molecular weight excluding hydrogens is 733 g/mol. The molecule has 1 radical (unpaired) electrons. The molecule has 2 aromatic rings. The average molecular weight is 787 g/mol. The third-order valence-corrected chi connectivity index (χ3v) is 8.77. The summed E-state index contributed by atoms with van der Waals surface area (Å²) < 4.78 is 30.3. The zero-order valence-electron chi connectivity index (χ0n) is 29.3. The van der Waals surface area contributed by atoms with Gasteiger partial charge in [-0.15, -0.1) is 12.6 Å². The molecule has 10 nitrogen and oxygen atoms in total. The summed E-state index contributed by atoms with van der Waals surface area (Å²) in [5.41, 5.74) is 5.24. The van der Waals surface area contributed by atoms with E-state index in [1.54, 1.807) is 0 Å². The predicted octanol–water partition coefficient (Wildman–Crippen LogP) is 7.54. The molecule has 1 atom stereocenters. The minimum Gasteiger partial charge on any atom is -0.652 e. The van der Waals surface area contributed by atoms with Crippen molar-refractivity contribution in [1.82, 2.24) is 5.32 Å². The number of amides is 2. The normalized spacial score (nSPS) is 12.3. The largest absolute Gasteiger partial charge is 0.652 e. The number of hydrogen-bond donors (Lipinski definition) is 2. The van der Waals surface area contributed by atoms with Gasteiger partial charge in [0.1, 0.15) is 6.29 Å². The van der Waals surface area contributed by atoms with E-state index in [4.69, 9.17) is 17.4 Å². The number of benzene rings is 2. The maximum Gasteiger partial charge on any atom is 0.425 e. The summed E-state index contributed by atoms with van der Waals surface area (Å²) in [6.45, 7) is 2.50. The van der Waals surface area contributed by atoms with E-state index in [1.807, 2.05) is 30.3 Å². The van der Waals surface area contributed by atoms with E-state index in [9.17, 15) is 19.2 Å². The molecule has 0 aromatic heterocycles. The van der Waals surface area contributed by atoms with E-state index in [0.717, 1.165) is 85.7 Å². The molecule has 273 valence electrons. The van der Waals surface area contributed by atoms with Crippen molar-refractivity contribution in [3.05, 3.63) is 53.6 Å². The van der Waals surface area contributed by atoms with E-state index in [0.29, 0.717) is 19.3 Å². The Labute approximate surface area is 324 Å². The van der Waals surface area contributed by atoms with Crippen molar-refractivity contribution in [2.75, 3.05) is 18.5 Å². The van der Waals surface area contributed by atoms with Crippen molar-refractivity contribution >= 4 is 40.9 Å². The summed E-state index contributed by atoms with van der Waals surface area (Å²) in [5.74, 6) is 0.155. The van der Waals surface area contributed by atoms with Crippen molar-refractivity contribution in [3.8, 4) is 11.1 Å². The van der Waals surface area contributed by atoms with Gasteiger partial charge in [0.05, 0.1) is 6.61 Å². The van der Waals surface area contributed by atoms with Crippen LogP contribution in [0.4, 0.5) is 5.69 Å². The molecule has 0 saturated heterocycles. The zero-order chi connectivity index (χ0) is 35.5. The third-order valence-electron chi connectivity index (χ3n) is 8.77. The van der Waals surface area contributed by atoms with Crippen LogP contribution in [0.5, 0.6) is 0 Å². The third kappa shape index (κ3) is 19.6. The van der Waals surface area contributed by atoms with Gasteiger partial charge in [-0.2, -0.15) is 0 Å². The number of aldehydes is 1. The second kappa shape index (κ2) is 28.9. The van der Waals surface area contributed by atoms with Crippen LogP contribution in [0, 0.1) is 0 Å². The summed E-state index contributed by atoms with van der Waals surface area (Å²) in [6.07, 6.45) is 21.0. The van der Waals surface area contributed by atoms with Crippen molar-refractivity contribution in [1.29, 1.82) is 0 Å². The number of nitrogens with one attached hydrogen (secondary N) is 2. The van der Waals surface area contributed by atoms with Crippen LogP contribution in [0.2, 0.25) is 0 Å². The van der Waals surface area contributed by atoms with Crippen molar-refractivity contribution in [2.45, 2.75) is 128 Å². The fourth-order valence-electron chi connectivity index (χ4n) is 6.27. The summed E-state index contributed by atoms with van der Waals surface area (Å²) >= 11 is 0. The van der Waals surface area contributed by atoms with Crippen LogP contribution in [-0.4, -0.2) is 50.4 Å². The summed E-state index contributed by atoms with van der Waals surface area (Å²) in [4.78, 5) is 45.4. The number of fused-ring (bicyclic) bond motifs is 3. The molecule has 2 N–H and O–H groups in total. The number of ether oxygens (including phenoxy) is 1. The number of unbranched alkanes of at least 4 members (excludes halogenated alkanes) is 15. The van der Waals surface area contributed by atoms with Crippen LogP contribution in [-0.2, 0) is 67.2 Å². The molecule has 0 bridgehead atoms. The van der Waals surface area contributed by atoms with Gasteiger partial charge in [0.25, 0.3) is 0 Å². The van der Waals surface area contributed by atoms with Crippen LogP contribution in [0.25, 0.3) is 11.1 Å². The molecule has 2 aromatic carbocycles. The topological polar surface area (TPSA) is 153 Å². The molecule has 3 rings (SSSR count). The summed E-state index contributed by atoms with van der Waals surface area (Å²) in [7, 11) is -3.11. The number of carbonyl (C=O) groups excluding carboxylic acids is 4. The fourth-order valence-corrected chi connectivity index (χ4v) is 6.27. The zero-order valence-corrected chi connectivity index (χ0v) is 33.0. The molecule has 1 aliphatic rings. The number of anilines is 1. The minimum atomic E-state index is -3.11. The summed E-state index contributed by atoms with van der Waals surface area (Å²) in [5, 5.41) is 6.04. The molecule has 2 amide bonds. The Hall–Kier alpha value is -2.76.